The topological polar surface area (TPSA) is 32.3 Å². The van der Waals surface area contributed by atoms with Gasteiger partial charge in [0.25, 0.3) is 0 Å². The number of benzene rings is 1. The van der Waals surface area contributed by atoms with Crippen molar-refractivity contribution in [2.75, 3.05) is 6.54 Å². The number of aliphatic hydroxyl groups is 1. The first-order valence-corrected chi connectivity index (χ1v) is 8.30. The van der Waals surface area contributed by atoms with Gasteiger partial charge in [-0.05, 0) is 43.2 Å². The second-order valence-corrected chi connectivity index (χ2v) is 6.66. The van der Waals surface area contributed by atoms with Gasteiger partial charge in [-0.15, -0.1) is 0 Å². The molecule has 110 valence electrons. The minimum Gasteiger partial charge on any atom is -0.389 e. The predicted octanol–water partition coefficient (Wildman–Crippen LogP) is 3.74. The third-order valence-corrected chi connectivity index (χ3v) is 5.08. The smallest absolute Gasteiger partial charge is 0.0771 e. The third-order valence-electron chi connectivity index (χ3n) is 5.08. The van der Waals surface area contributed by atoms with Crippen LogP contribution in [-0.2, 0) is 6.42 Å². The van der Waals surface area contributed by atoms with Crippen LogP contribution in [0.1, 0.15) is 68.5 Å². The second kappa shape index (κ2) is 6.28. The number of hydrogen-bond acceptors (Lipinski definition) is 2. The van der Waals surface area contributed by atoms with E-state index in [1.54, 1.807) is 0 Å². The predicted molar refractivity (Wildman–Crippen MR) is 82.8 cm³/mol. The normalized spacial score (nSPS) is 25.8. The Morgan fingerprint density at radius 2 is 1.80 bits per heavy atom. The molecule has 2 aliphatic carbocycles. The standard InChI is InChI=1S/C18H27NO/c20-18(12-5-1-2-6-13-18)14-19-17-11-7-9-15-8-3-4-10-16(15)17/h3-4,8,10,17,19-20H,1-2,5-7,9,11-14H2. The van der Waals surface area contributed by atoms with Gasteiger partial charge in [-0.2, -0.15) is 0 Å². The van der Waals surface area contributed by atoms with Crippen molar-refractivity contribution in [3.05, 3.63) is 35.4 Å². The number of hydrogen-bond donors (Lipinski definition) is 2. The fraction of sp³-hybridized carbons (Fsp3) is 0.667. The van der Waals surface area contributed by atoms with Crippen molar-refractivity contribution < 1.29 is 5.11 Å². The van der Waals surface area contributed by atoms with Gasteiger partial charge in [-0.1, -0.05) is 49.9 Å². The van der Waals surface area contributed by atoms with Crippen LogP contribution in [0.5, 0.6) is 0 Å². The van der Waals surface area contributed by atoms with Gasteiger partial charge in [-0.25, -0.2) is 0 Å². The molecule has 1 aromatic carbocycles. The van der Waals surface area contributed by atoms with Crippen LogP contribution >= 0.6 is 0 Å². The summed E-state index contributed by atoms with van der Waals surface area (Å²) in [5.41, 5.74) is 2.48. The Kier molecular flexibility index (Phi) is 4.42. The first-order chi connectivity index (χ1) is 9.77. The van der Waals surface area contributed by atoms with Crippen LogP contribution in [-0.4, -0.2) is 17.3 Å². The highest BCUT2D eigenvalue weighted by Crippen LogP contribution is 2.31. The molecule has 2 aliphatic rings. The molecule has 1 atom stereocenters. The summed E-state index contributed by atoms with van der Waals surface area (Å²) in [5.74, 6) is 0. The molecule has 0 aliphatic heterocycles. The maximum atomic E-state index is 10.8. The monoisotopic (exact) mass is 273 g/mol. The average Bonchev–Trinajstić information content (AvgIpc) is 2.70. The van der Waals surface area contributed by atoms with Gasteiger partial charge in [0.2, 0.25) is 0 Å². The van der Waals surface area contributed by atoms with Gasteiger partial charge in [0.15, 0.2) is 0 Å². The summed E-state index contributed by atoms with van der Waals surface area (Å²) in [6.07, 6.45) is 10.5. The van der Waals surface area contributed by atoms with Gasteiger partial charge in [0.05, 0.1) is 5.60 Å². The Morgan fingerprint density at radius 1 is 1.05 bits per heavy atom. The fourth-order valence-corrected chi connectivity index (χ4v) is 3.84. The van der Waals surface area contributed by atoms with E-state index in [4.69, 9.17) is 0 Å². The molecular formula is C18H27NO. The van der Waals surface area contributed by atoms with Gasteiger partial charge in [0, 0.05) is 12.6 Å². The van der Waals surface area contributed by atoms with Crippen LogP contribution in [0.2, 0.25) is 0 Å². The Hall–Kier alpha value is -0.860. The minimum atomic E-state index is -0.469. The van der Waals surface area contributed by atoms with E-state index >= 15 is 0 Å². The van der Waals surface area contributed by atoms with E-state index in [1.165, 1.54) is 56.1 Å². The maximum absolute atomic E-state index is 10.8. The van der Waals surface area contributed by atoms with Crippen LogP contribution in [0.3, 0.4) is 0 Å². The Bertz CT molecular complexity index is 435. The highest BCUT2D eigenvalue weighted by atomic mass is 16.3. The highest BCUT2D eigenvalue weighted by molar-refractivity contribution is 5.32. The average molecular weight is 273 g/mol. The summed E-state index contributed by atoms with van der Waals surface area (Å²) in [6.45, 7) is 0.756. The molecule has 0 radical (unpaired) electrons. The molecule has 1 fully saturated rings. The van der Waals surface area contributed by atoms with E-state index in [0.29, 0.717) is 6.04 Å². The van der Waals surface area contributed by atoms with E-state index in [9.17, 15) is 5.11 Å². The molecule has 0 aromatic heterocycles. The van der Waals surface area contributed by atoms with Crippen molar-refractivity contribution in [2.24, 2.45) is 0 Å². The molecule has 3 rings (SSSR count). The third kappa shape index (κ3) is 3.24. The van der Waals surface area contributed by atoms with Crippen molar-refractivity contribution in [1.29, 1.82) is 0 Å². The molecule has 1 saturated carbocycles. The lowest BCUT2D eigenvalue weighted by Crippen LogP contribution is -2.42. The lowest BCUT2D eigenvalue weighted by Gasteiger charge is -2.32. The zero-order valence-electron chi connectivity index (χ0n) is 12.4. The molecule has 2 N–H and O–H groups in total. The Labute approximate surface area is 122 Å². The van der Waals surface area contributed by atoms with Crippen LogP contribution in [0.4, 0.5) is 0 Å². The van der Waals surface area contributed by atoms with Crippen molar-refractivity contribution >= 4 is 0 Å². The Balaban J connectivity index is 1.64. The first kappa shape index (κ1) is 14.1. The van der Waals surface area contributed by atoms with Gasteiger partial charge in [-0.3, -0.25) is 0 Å². The lowest BCUT2D eigenvalue weighted by atomic mass is 9.86. The fourth-order valence-electron chi connectivity index (χ4n) is 3.84. The van der Waals surface area contributed by atoms with Gasteiger partial charge >= 0.3 is 0 Å². The largest absolute Gasteiger partial charge is 0.389 e. The summed E-state index contributed by atoms with van der Waals surface area (Å²) >= 11 is 0. The van der Waals surface area contributed by atoms with Crippen molar-refractivity contribution in [2.45, 2.75) is 69.4 Å². The molecule has 0 spiro atoms. The number of fused-ring (bicyclic) bond motifs is 1. The quantitative estimate of drug-likeness (QED) is 0.822. The summed E-state index contributed by atoms with van der Waals surface area (Å²) in [5, 5.41) is 14.4. The molecule has 2 heteroatoms. The first-order valence-electron chi connectivity index (χ1n) is 8.30. The van der Waals surface area contributed by atoms with E-state index in [2.05, 4.69) is 29.6 Å². The summed E-state index contributed by atoms with van der Waals surface area (Å²) in [6, 6.07) is 9.22. The maximum Gasteiger partial charge on any atom is 0.0771 e. The number of rotatable bonds is 3. The molecule has 2 nitrogen and oxygen atoms in total. The lowest BCUT2D eigenvalue weighted by molar-refractivity contribution is 0.0221. The van der Waals surface area contributed by atoms with E-state index in [0.717, 1.165) is 19.4 Å². The molecule has 0 amide bonds. The SMILES string of the molecule is OC1(CNC2CCCc3ccccc32)CCCCCC1. The van der Waals surface area contributed by atoms with Gasteiger partial charge < -0.3 is 10.4 Å². The van der Waals surface area contributed by atoms with Gasteiger partial charge in [0.1, 0.15) is 0 Å². The molecule has 1 unspecified atom stereocenters. The zero-order chi connectivity index (χ0) is 13.8. The van der Waals surface area contributed by atoms with Crippen molar-refractivity contribution in [3.63, 3.8) is 0 Å². The molecular weight excluding hydrogens is 246 g/mol. The summed E-state index contributed by atoms with van der Waals surface area (Å²) in [7, 11) is 0. The van der Waals surface area contributed by atoms with Crippen LogP contribution in [0, 0.1) is 0 Å². The zero-order valence-corrected chi connectivity index (χ0v) is 12.4. The van der Waals surface area contributed by atoms with E-state index in [1.807, 2.05) is 0 Å². The number of nitrogens with one attached hydrogen (secondary N) is 1. The molecule has 0 heterocycles. The highest BCUT2D eigenvalue weighted by Gasteiger charge is 2.29. The van der Waals surface area contributed by atoms with E-state index < -0.39 is 5.60 Å². The van der Waals surface area contributed by atoms with Crippen LogP contribution < -0.4 is 5.32 Å². The summed E-state index contributed by atoms with van der Waals surface area (Å²) < 4.78 is 0. The molecule has 0 saturated heterocycles. The van der Waals surface area contributed by atoms with Crippen LogP contribution in [0.25, 0.3) is 0 Å². The van der Waals surface area contributed by atoms with Crippen molar-refractivity contribution in [1.82, 2.24) is 5.32 Å². The second-order valence-electron chi connectivity index (χ2n) is 6.66. The molecule has 20 heavy (non-hydrogen) atoms. The summed E-state index contributed by atoms with van der Waals surface area (Å²) in [4.78, 5) is 0. The molecule has 1 aromatic rings. The van der Waals surface area contributed by atoms with E-state index in [-0.39, 0.29) is 0 Å². The Morgan fingerprint density at radius 3 is 2.60 bits per heavy atom. The van der Waals surface area contributed by atoms with Crippen molar-refractivity contribution in [3.8, 4) is 0 Å². The van der Waals surface area contributed by atoms with Crippen LogP contribution in [0.15, 0.2) is 24.3 Å². The molecule has 0 bridgehead atoms. The number of aryl methyl sites for hydroxylation is 1. The minimum absolute atomic E-state index is 0.437.